The molecule has 63 heavy (non-hydrogen) atoms. The fourth-order valence-corrected chi connectivity index (χ4v) is 8.98. The van der Waals surface area contributed by atoms with Gasteiger partial charge in [0.05, 0.1) is 54.3 Å². The summed E-state index contributed by atoms with van der Waals surface area (Å²) in [5.74, 6) is -2.38. The molecule has 4 aliphatic heterocycles. The SMILES string of the molecule is C[C@@H](Oc1cc(-c2cnn(C3CCN(C(=O)COCCOCCN4CC(Nc5cccc6c5C(=O)N(C5CCC(=O)NC5=O)C6=O)C4)CC3)c2)cnc1N)c1c(Cl)ccc(F)c1Cl. The monoisotopic (exact) mass is 905 g/mol. The lowest BCUT2D eigenvalue weighted by Crippen LogP contribution is -2.55. The zero-order valence-electron chi connectivity index (χ0n) is 34.4. The summed E-state index contributed by atoms with van der Waals surface area (Å²) in [6, 6.07) is 8.51. The highest BCUT2D eigenvalue weighted by Crippen LogP contribution is 2.38. The van der Waals surface area contributed by atoms with Crippen LogP contribution < -0.4 is 21.1 Å². The number of nitrogens with two attached hydrogens (primary N) is 1. The molecule has 1 unspecified atom stereocenters. The van der Waals surface area contributed by atoms with Gasteiger partial charge in [-0.1, -0.05) is 29.3 Å². The lowest BCUT2D eigenvalue weighted by Gasteiger charge is -2.40. The van der Waals surface area contributed by atoms with Gasteiger partial charge in [-0.05, 0) is 56.5 Å². The molecule has 4 aliphatic rings. The van der Waals surface area contributed by atoms with Crippen LogP contribution in [0.3, 0.4) is 0 Å². The number of halogens is 3. The Kier molecular flexibility index (Phi) is 13.2. The van der Waals surface area contributed by atoms with Crippen molar-refractivity contribution in [1.29, 1.82) is 0 Å². The van der Waals surface area contributed by atoms with Crippen molar-refractivity contribution in [3.8, 4) is 16.9 Å². The highest BCUT2D eigenvalue weighted by Gasteiger charge is 2.46. The first-order chi connectivity index (χ1) is 30.4. The van der Waals surface area contributed by atoms with Crippen LogP contribution in [0.15, 0.2) is 55.0 Å². The summed E-state index contributed by atoms with van der Waals surface area (Å²) in [5, 5.41) is 10.3. The number of nitrogens with zero attached hydrogens (tertiary/aromatic N) is 6. The lowest BCUT2D eigenvalue weighted by molar-refractivity contribution is -0.138. The number of benzene rings is 2. The first-order valence-electron chi connectivity index (χ1n) is 20.7. The molecular formula is C43H46Cl2FN9O8. The quantitative estimate of drug-likeness (QED) is 0.0806. The second-order valence-electron chi connectivity index (χ2n) is 15.9. The topological polar surface area (TPSA) is 204 Å². The number of piperidine rings is 2. The Morgan fingerprint density at radius 1 is 1.00 bits per heavy atom. The Morgan fingerprint density at radius 3 is 2.56 bits per heavy atom. The second kappa shape index (κ2) is 19.0. The summed E-state index contributed by atoms with van der Waals surface area (Å²) in [7, 11) is 0. The summed E-state index contributed by atoms with van der Waals surface area (Å²) in [4.78, 5) is 72.7. The molecular weight excluding hydrogens is 860 g/mol. The maximum Gasteiger partial charge on any atom is 0.264 e. The summed E-state index contributed by atoms with van der Waals surface area (Å²) in [6.07, 6.45) is 6.17. The van der Waals surface area contributed by atoms with E-state index in [4.69, 9.17) is 43.1 Å². The van der Waals surface area contributed by atoms with Gasteiger partial charge in [0.25, 0.3) is 11.8 Å². The van der Waals surface area contributed by atoms with Gasteiger partial charge in [0.1, 0.15) is 24.6 Å². The van der Waals surface area contributed by atoms with Gasteiger partial charge in [-0.3, -0.25) is 43.8 Å². The van der Waals surface area contributed by atoms with Crippen LogP contribution >= 0.6 is 23.2 Å². The number of fused-ring (bicyclic) bond motifs is 1. The number of amides is 5. The maximum atomic E-state index is 14.1. The number of nitrogen functional groups attached to an aromatic ring is 1. The molecule has 3 saturated heterocycles. The van der Waals surface area contributed by atoms with E-state index >= 15 is 0 Å². The Balaban J connectivity index is 0.708. The van der Waals surface area contributed by atoms with E-state index < -0.39 is 41.6 Å². The van der Waals surface area contributed by atoms with Gasteiger partial charge in [0.15, 0.2) is 11.6 Å². The number of nitrogens with one attached hydrogen (secondary N) is 2. The standard InChI is InChI=1S/C43H46Cl2FN9O8/c1-24(37-30(44)5-6-31(46)39(37)45)63-34-17-25(18-48-40(34)47)26-19-49-54(20-26)28-9-11-53(12-10-28)36(57)23-62-16-15-61-14-13-52-21-27(22-52)50-32-4-2-3-29-38(32)43(60)55(42(29)59)33-7-8-35(56)51-41(33)58/h2-6,17-20,24,27-28,33,50H,7-16,21-23H2,1H3,(H2,47,48)(H,51,56,58)/t24-,33?/m1/s1. The van der Waals surface area contributed by atoms with Crippen LogP contribution in [0.25, 0.3) is 11.1 Å². The van der Waals surface area contributed by atoms with E-state index in [0.29, 0.717) is 62.9 Å². The second-order valence-corrected chi connectivity index (χ2v) is 16.7. The van der Waals surface area contributed by atoms with E-state index in [9.17, 15) is 28.4 Å². The summed E-state index contributed by atoms with van der Waals surface area (Å²) < 4.78 is 33.5. The van der Waals surface area contributed by atoms with Gasteiger partial charge in [-0.25, -0.2) is 9.37 Å². The number of hydrogen-bond donors (Lipinski definition) is 3. The number of anilines is 2. The third-order valence-corrected chi connectivity index (χ3v) is 12.4. The fraction of sp³-hybridized carbons (Fsp3) is 0.419. The Hall–Kier alpha value is -5.66. The summed E-state index contributed by atoms with van der Waals surface area (Å²) in [5.41, 5.74) is 8.96. The van der Waals surface area contributed by atoms with Crippen LogP contribution in [0.1, 0.15) is 71.0 Å². The van der Waals surface area contributed by atoms with Crippen molar-refractivity contribution < 1.29 is 42.6 Å². The van der Waals surface area contributed by atoms with E-state index in [0.717, 1.165) is 28.9 Å². The summed E-state index contributed by atoms with van der Waals surface area (Å²) >= 11 is 12.5. The lowest BCUT2D eigenvalue weighted by atomic mass is 10.0. The molecule has 4 N–H and O–H groups in total. The van der Waals surface area contributed by atoms with Crippen molar-refractivity contribution in [2.24, 2.45) is 0 Å². The van der Waals surface area contributed by atoms with Crippen LogP contribution in [-0.4, -0.2) is 130 Å². The van der Waals surface area contributed by atoms with Crippen molar-refractivity contribution in [2.45, 2.75) is 56.8 Å². The molecule has 20 heteroatoms. The minimum absolute atomic E-state index is 0.0349. The van der Waals surface area contributed by atoms with Crippen molar-refractivity contribution >= 4 is 64.2 Å². The van der Waals surface area contributed by atoms with Crippen LogP contribution in [0.2, 0.25) is 10.0 Å². The number of imide groups is 2. The largest absolute Gasteiger partial charge is 0.482 e. The van der Waals surface area contributed by atoms with E-state index in [1.807, 2.05) is 10.9 Å². The van der Waals surface area contributed by atoms with E-state index in [2.05, 4.69) is 25.6 Å². The molecule has 0 spiro atoms. The molecule has 5 amide bonds. The van der Waals surface area contributed by atoms with Crippen molar-refractivity contribution in [3.63, 3.8) is 0 Å². The zero-order chi connectivity index (χ0) is 44.4. The normalized spacial score (nSPS) is 19.0. The van der Waals surface area contributed by atoms with Crippen molar-refractivity contribution in [3.05, 3.63) is 87.5 Å². The van der Waals surface area contributed by atoms with Gasteiger partial charge in [0, 0.05) is 78.9 Å². The highest BCUT2D eigenvalue weighted by molar-refractivity contribution is 6.36. The number of rotatable bonds is 16. The van der Waals surface area contributed by atoms with Gasteiger partial charge in [0.2, 0.25) is 17.7 Å². The molecule has 3 fully saturated rings. The van der Waals surface area contributed by atoms with Crippen molar-refractivity contribution in [1.82, 2.24) is 34.8 Å². The number of carbonyl (C=O) groups excluding carboxylic acids is 5. The predicted molar refractivity (Wildman–Crippen MR) is 229 cm³/mol. The number of aromatic nitrogens is 3. The fourth-order valence-electron chi connectivity index (χ4n) is 8.30. The molecule has 0 radical (unpaired) electrons. The number of hydrogen-bond acceptors (Lipinski definition) is 13. The van der Waals surface area contributed by atoms with Crippen LogP contribution in [0.5, 0.6) is 5.75 Å². The van der Waals surface area contributed by atoms with E-state index in [1.165, 1.54) is 12.1 Å². The highest BCUT2D eigenvalue weighted by atomic mass is 35.5. The molecule has 6 heterocycles. The number of carbonyl (C=O) groups is 5. The van der Waals surface area contributed by atoms with Gasteiger partial charge in [-0.15, -0.1) is 0 Å². The molecule has 2 aromatic carbocycles. The third-order valence-electron chi connectivity index (χ3n) is 11.7. The first-order valence-corrected chi connectivity index (χ1v) is 21.5. The summed E-state index contributed by atoms with van der Waals surface area (Å²) in [6.45, 7) is 5.99. The average molecular weight is 907 g/mol. The third kappa shape index (κ3) is 9.50. The minimum atomic E-state index is -1.02. The molecule has 0 bridgehead atoms. The molecule has 332 valence electrons. The van der Waals surface area contributed by atoms with E-state index in [1.54, 1.807) is 48.5 Å². The number of likely N-dealkylation sites (tertiary alicyclic amines) is 2. The smallest absolute Gasteiger partial charge is 0.264 e. The van der Waals surface area contributed by atoms with Gasteiger partial charge in [-0.2, -0.15) is 5.10 Å². The molecule has 8 rings (SSSR count). The minimum Gasteiger partial charge on any atom is -0.482 e. The molecule has 17 nitrogen and oxygen atoms in total. The average Bonchev–Trinajstić information content (AvgIpc) is 3.85. The number of pyridine rings is 1. The Labute approximate surface area is 371 Å². The Morgan fingerprint density at radius 2 is 1.78 bits per heavy atom. The maximum absolute atomic E-state index is 14.1. The molecule has 2 aromatic heterocycles. The van der Waals surface area contributed by atoms with Crippen LogP contribution in [0, 0.1) is 5.82 Å². The van der Waals surface area contributed by atoms with E-state index in [-0.39, 0.29) is 71.0 Å². The first kappa shape index (κ1) is 44.0. The molecule has 4 aromatic rings. The molecule has 0 aliphatic carbocycles. The molecule has 0 saturated carbocycles. The van der Waals surface area contributed by atoms with Crippen molar-refractivity contribution in [2.75, 3.05) is 70.2 Å². The van der Waals surface area contributed by atoms with Crippen LogP contribution in [-0.2, 0) is 23.9 Å². The number of ether oxygens (including phenoxy) is 3. The van der Waals surface area contributed by atoms with Gasteiger partial charge < -0.3 is 30.2 Å². The zero-order valence-corrected chi connectivity index (χ0v) is 35.9. The van der Waals surface area contributed by atoms with Gasteiger partial charge >= 0.3 is 0 Å². The Bertz CT molecular complexity index is 2420. The molecule has 2 atom stereocenters. The van der Waals surface area contributed by atoms with Crippen LogP contribution in [0.4, 0.5) is 15.9 Å². The predicted octanol–water partition coefficient (Wildman–Crippen LogP) is 4.51.